The van der Waals surface area contributed by atoms with Gasteiger partial charge < -0.3 is 10.4 Å². The number of carbonyl (C=O) groups excluding carboxylic acids is 1. The number of aliphatic hydroxyl groups is 1. The predicted octanol–water partition coefficient (Wildman–Crippen LogP) is 6.02. The number of allylic oxidation sites excluding steroid dienone is 1. The van der Waals surface area contributed by atoms with Gasteiger partial charge in [-0.1, -0.05) is 54.6 Å². The first kappa shape index (κ1) is 19.4. The van der Waals surface area contributed by atoms with Crippen LogP contribution in [-0.4, -0.2) is 16.7 Å². The van der Waals surface area contributed by atoms with Crippen LogP contribution in [0.5, 0.6) is 0 Å². The van der Waals surface area contributed by atoms with Crippen molar-refractivity contribution in [1.82, 2.24) is 0 Å². The van der Waals surface area contributed by atoms with Gasteiger partial charge in [0.1, 0.15) is 5.76 Å². The maximum Gasteiger partial charge on any atom is 0.260 e. The molecular formula is C24H24N2O2. The summed E-state index contributed by atoms with van der Waals surface area (Å²) in [6.45, 7) is 7.19. The van der Waals surface area contributed by atoms with Crippen LogP contribution in [0.25, 0.3) is 10.8 Å². The van der Waals surface area contributed by atoms with Crippen LogP contribution < -0.4 is 5.32 Å². The van der Waals surface area contributed by atoms with E-state index in [4.69, 9.17) is 0 Å². The van der Waals surface area contributed by atoms with Crippen molar-refractivity contribution in [2.75, 3.05) is 5.32 Å². The van der Waals surface area contributed by atoms with E-state index in [9.17, 15) is 9.90 Å². The van der Waals surface area contributed by atoms with E-state index in [1.165, 1.54) is 6.92 Å². The number of benzene rings is 3. The van der Waals surface area contributed by atoms with Crippen molar-refractivity contribution >= 4 is 33.8 Å². The van der Waals surface area contributed by atoms with Crippen molar-refractivity contribution in [3.63, 3.8) is 0 Å². The van der Waals surface area contributed by atoms with Crippen molar-refractivity contribution in [2.24, 2.45) is 4.99 Å². The highest BCUT2D eigenvalue weighted by Crippen LogP contribution is 2.26. The summed E-state index contributed by atoms with van der Waals surface area (Å²) >= 11 is 0. The molecule has 0 saturated carbocycles. The Labute approximate surface area is 165 Å². The lowest BCUT2D eigenvalue weighted by molar-refractivity contribution is -0.112. The Morgan fingerprint density at radius 3 is 2.18 bits per heavy atom. The Hall–Kier alpha value is -3.40. The first-order valence-corrected chi connectivity index (χ1v) is 9.19. The number of rotatable bonds is 4. The SMILES string of the molecule is CC(=Nc1c(C)cccc1C)/C(C(=O)Nc1cccc2ccccc12)=C(\C)O. The number of amides is 1. The molecule has 0 atom stereocenters. The zero-order chi connectivity index (χ0) is 20.3. The van der Waals surface area contributed by atoms with Crippen LogP contribution >= 0.6 is 0 Å². The lowest BCUT2D eigenvalue weighted by Gasteiger charge is -2.13. The van der Waals surface area contributed by atoms with Crippen LogP contribution in [0, 0.1) is 13.8 Å². The highest BCUT2D eigenvalue weighted by molar-refractivity contribution is 6.26. The Morgan fingerprint density at radius 1 is 0.893 bits per heavy atom. The summed E-state index contributed by atoms with van der Waals surface area (Å²) in [6.07, 6.45) is 0. The van der Waals surface area contributed by atoms with Crippen LogP contribution in [0.3, 0.4) is 0 Å². The molecule has 0 aromatic heterocycles. The van der Waals surface area contributed by atoms with E-state index in [0.717, 1.165) is 27.6 Å². The van der Waals surface area contributed by atoms with E-state index in [1.807, 2.05) is 74.5 Å². The third kappa shape index (κ3) is 3.96. The van der Waals surface area contributed by atoms with E-state index in [2.05, 4.69) is 10.3 Å². The molecule has 0 aliphatic heterocycles. The second-order valence-corrected chi connectivity index (χ2v) is 6.88. The standard InChI is InChI=1S/C24H24N2O2/c1-15-9-7-10-16(2)23(15)25-17(3)22(18(4)27)24(28)26-21-14-8-12-19-11-5-6-13-20(19)21/h5-14,27H,1-4H3,(H,26,28)/b22-18-,25-17?. The number of hydrogen-bond acceptors (Lipinski definition) is 3. The van der Waals surface area contributed by atoms with Gasteiger partial charge in [-0.15, -0.1) is 0 Å². The highest BCUT2D eigenvalue weighted by atomic mass is 16.3. The van der Waals surface area contributed by atoms with E-state index >= 15 is 0 Å². The van der Waals surface area contributed by atoms with Gasteiger partial charge in [0.25, 0.3) is 5.91 Å². The van der Waals surface area contributed by atoms with Gasteiger partial charge in [0, 0.05) is 11.1 Å². The minimum atomic E-state index is -0.385. The summed E-state index contributed by atoms with van der Waals surface area (Å²) < 4.78 is 0. The van der Waals surface area contributed by atoms with Gasteiger partial charge in [0.2, 0.25) is 0 Å². The number of nitrogens with zero attached hydrogens (tertiary/aromatic N) is 1. The Kier molecular flexibility index (Phi) is 5.59. The molecular weight excluding hydrogens is 348 g/mol. The Morgan fingerprint density at radius 2 is 1.50 bits per heavy atom. The number of hydrogen-bond donors (Lipinski definition) is 2. The fourth-order valence-electron chi connectivity index (χ4n) is 3.32. The van der Waals surface area contributed by atoms with E-state index in [1.54, 1.807) is 6.92 Å². The molecule has 4 nitrogen and oxygen atoms in total. The summed E-state index contributed by atoms with van der Waals surface area (Å²) in [5.74, 6) is -0.450. The number of aryl methyl sites for hydroxylation is 2. The molecule has 0 bridgehead atoms. The second-order valence-electron chi connectivity index (χ2n) is 6.88. The zero-order valence-electron chi connectivity index (χ0n) is 16.6. The number of fused-ring (bicyclic) bond motifs is 1. The molecule has 0 saturated heterocycles. The first-order chi connectivity index (χ1) is 13.4. The highest BCUT2D eigenvalue weighted by Gasteiger charge is 2.18. The Bertz CT molecular complexity index is 1080. The molecule has 0 spiro atoms. The van der Waals surface area contributed by atoms with Gasteiger partial charge in [-0.05, 0) is 50.3 Å². The van der Waals surface area contributed by atoms with Gasteiger partial charge in [0.05, 0.1) is 17.0 Å². The van der Waals surface area contributed by atoms with Crippen LogP contribution in [0.4, 0.5) is 11.4 Å². The second kappa shape index (κ2) is 8.09. The molecule has 1 amide bonds. The van der Waals surface area contributed by atoms with Gasteiger partial charge >= 0.3 is 0 Å². The van der Waals surface area contributed by atoms with Gasteiger partial charge in [-0.25, -0.2) is 0 Å². The molecule has 28 heavy (non-hydrogen) atoms. The molecule has 4 heteroatoms. The van der Waals surface area contributed by atoms with E-state index in [0.29, 0.717) is 11.4 Å². The molecule has 0 aliphatic rings. The smallest absolute Gasteiger partial charge is 0.260 e. The molecule has 0 heterocycles. The lowest BCUT2D eigenvalue weighted by Crippen LogP contribution is -2.21. The maximum absolute atomic E-state index is 13.0. The summed E-state index contributed by atoms with van der Waals surface area (Å²) in [4.78, 5) is 17.6. The van der Waals surface area contributed by atoms with Crippen LogP contribution in [0.1, 0.15) is 25.0 Å². The summed E-state index contributed by atoms with van der Waals surface area (Å²) in [7, 11) is 0. The van der Waals surface area contributed by atoms with Crippen molar-refractivity contribution in [3.05, 3.63) is 83.1 Å². The fourth-order valence-corrected chi connectivity index (χ4v) is 3.32. The van der Waals surface area contributed by atoms with E-state index in [-0.39, 0.29) is 17.2 Å². The van der Waals surface area contributed by atoms with E-state index < -0.39 is 0 Å². The van der Waals surface area contributed by atoms with Crippen LogP contribution in [0.2, 0.25) is 0 Å². The number of carbonyl (C=O) groups is 1. The first-order valence-electron chi connectivity index (χ1n) is 9.19. The van der Waals surface area contributed by atoms with Gasteiger partial charge in [-0.2, -0.15) is 0 Å². The minimum absolute atomic E-state index is 0.0646. The third-order valence-corrected chi connectivity index (χ3v) is 4.71. The normalized spacial score (nSPS) is 12.6. The molecule has 0 unspecified atom stereocenters. The number of aliphatic imine (C=N–C) groups is 1. The average molecular weight is 372 g/mol. The number of aliphatic hydroxyl groups excluding tert-OH is 1. The molecule has 3 aromatic carbocycles. The summed E-state index contributed by atoms with van der Waals surface area (Å²) in [5, 5.41) is 15.1. The molecule has 0 aliphatic carbocycles. The monoisotopic (exact) mass is 372 g/mol. The lowest BCUT2D eigenvalue weighted by atomic mass is 10.1. The molecule has 3 rings (SSSR count). The van der Waals surface area contributed by atoms with Gasteiger partial charge in [-0.3, -0.25) is 9.79 Å². The zero-order valence-corrected chi connectivity index (χ0v) is 16.6. The van der Waals surface area contributed by atoms with Crippen LogP contribution in [-0.2, 0) is 4.79 Å². The van der Waals surface area contributed by atoms with Crippen molar-refractivity contribution in [1.29, 1.82) is 0 Å². The Balaban J connectivity index is 1.98. The number of anilines is 1. The largest absolute Gasteiger partial charge is 0.512 e. The summed E-state index contributed by atoms with van der Waals surface area (Å²) in [5.41, 5.74) is 4.19. The van der Waals surface area contributed by atoms with Gasteiger partial charge in [0.15, 0.2) is 0 Å². The molecule has 3 aromatic rings. The maximum atomic E-state index is 13.0. The topological polar surface area (TPSA) is 61.7 Å². The molecule has 0 fully saturated rings. The fraction of sp³-hybridized carbons (Fsp3) is 0.167. The predicted molar refractivity (Wildman–Crippen MR) is 117 cm³/mol. The van der Waals surface area contributed by atoms with Crippen molar-refractivity contribution in [2.45, 2.75) is 27.7 Å². The summed E-state index contributed by atoms with van der Waals surface area (Å²) in [6, 6.07) is 19.5. The quantitative estimate of drug-likeness (QED) is 0.334. The molecule has 142 valence electrons. The number of para-hydroxylation sites is 1. The molecule has 2 N–H and O–H groups in total. The number of nitrogens with one attached hydrogen (secondary N) is 1. The van der Waals surface area contributed by atoms with Crippen molar-refractivity contribution in [3.8, 4) is 0 Å². The van der Waals surface area contributed by atoms with Crippen molar-refractivity contribution < 1.29 is 9.90 Å². The van der Waals surface area contributed by atoms with Crippen LogP contribution in [0.15, 0.2) is 77.0 Å². The average Bonchev–Trinajstić information content (AvgIpc) is 2.65. The third-order valence-electron chi connectivity index (χ3n) is 4.71. The molecule has 0 radical (unpaired) electrons. The minimum Gasteiger partial charge on any atom is -0.512 e.